The largest absolute Gasteiger partial charge is 0.497 e. The maximum atomic E-state index is 13.0. The summed E-state index contributed by atoms with van der Waals surface area (Å²) in [6.45, 7) is 5.69. The molecule has 1 amide bonds. The number of anilines is 1. The Hall–Kier alpha value is -2.58. The first-order chi connectivity index (χ1) is 14.7. The molecule has 0 bridgehead atoms. The van der Waals surface area contributed by atoms with E-state index in [0.29, 0.717) is 11.7 Å². The topological polar surface area (TPSA) is 53.3 Å². The molecule has 0 spiro atoms. The van der Waals surface area contributed by atoms with E-state index >= 15 is 0 Å². The van der Waals surface area contributed by atoms with Crippen molar-refractivity contribution >= 4 is 27.9 Å². The van der Waals surface area contributed by atoms with E-state index in [4.69, 9.17) is 4.74 Å². The third kappa shape index (κ3) is 3.77. The molecule has 2 saturated heterocycles. The van der Waals surface area contributed by atoms with E-state index in [1.165, 1.54) is 5.69 Å². The fraction of sp³-hybridized carbons (Fsp3) is 0.455. The lowest BCUT2D eigenvalue weighted by atomic mass is 10.0. The highest BCUT2D eigenvalue weighted by atomic mass is 32.1. The Morgan fingerprint density at radius 2 is 1.93 bits per heavy atom. The summed E-state index contributed by atoms with van der Waals surface area (Å²) in [4.78, 5) is 25.4. The van der Waals surface area contributed by atoms with Gasteiger partial charge in [0, 0.05) is 68.8 Å². The minimum absolute atomic E-state index is 0.0625. The number of thiazole rings is 1. The number of fused-ring (bicyclic) bond motifs is 1. The molecule has 30 heavy (non-hydrogen) atoms. The van der Waals surface area contributed by atoms with Gasteiger partial charge in [-0.15, -0.1) is 11.3 Å². The van der Waals surface area contributed by atoms with Crippen molar-refractivity contribution in [1.82, 2.24) is 19.2 Å². The molecule has 2 aliphatic heterocycles. The zero-order valence-electron chi connectivity index (χ0n) is 17.2. The number of piperazine rings is 1. The van der Waals surface area contributed by atoms with Crippen LogP contribution in [0, 0.1) is 0 Å². The lowest BCUT2D eigenvalue weighted by Crippen LogP contribution is -2.55. The van der Waals surface area contributed by atoms with E-state index in [2.05, 4.69) is 26.9 Å². The smallest absolute Gasteiger partial charge is 0.274 e. The second kappa shape index (κ2) is 8.28. The van der Waals surface area contributed by atoms with Crippen LogP contribution < -0.4 is 9.64 Å². The molecule has 1 atom stereocenters. The Labute approximate surface area is 180 Å². The van der Waals surface area contributed by atoms with Crippen molar-refractivity contribution in [3.63, 3.8) is 0 Å². The molecule has 2 aliphatic rings. The Balaban J connectivity index is 1.19. The van der Waals surface area contributed by atoms with E-state index in [1.807, 2.05) is 39.2 Å². The molecule has 1 unspecified atom stereocenters. The number of amides is 1. The summed E-state index contributed by atoms with van der Waals surface area (Å²) < 4.78 is 7.19. The Morgan fingerprint density at radius 1 is 1.13 bits per heavy atom. The van der Waals surface area contributed by atoms with Crippen LogP contribution in [-0.2, 0) is 0 Å². The molecule has 8 heteroatoms. The van der Waals surface area contributed by atoms with Crippen LogP contribution in [0.1, 0.15) is 23.3 Å². The molecule has 0 saturated carbocycles. The first-order valence-corrected chi connectivity index (χ1v) is 11.4. The van der Waals surface area contributed by atoms with Crippen LogP contribution in [0.2, 0.25) is 0 Å². The van der Waals surface area contributed by atoms with Crippen molar-refractivity contribution in [2.45, 2.75) is 18.9 Å². The lowest BCUT2D eigenvalue weighted by molar-refractivity contribution is 0.0559. The molecular weight excluding hydrogens is 398 g/mol. The molecule has 3 aromatic rings. The van der Waals surface area contributed by atoms with Crippen LogP contribution in [-0.4, -0.2) is 77.5 Å². The highest BCUT2D eigenvalue weighted by molar-refractivity contribution is 7.15. The fourth-order valence-corrected chi connectivity index (χ4v) is 5.27. The fourth-order valence-electron chi connectivity index (χ4n) is 4.57. The standard InChI is InChI=1S/C22H27N5O2S/c1-29-19-6-4-17(5-7-19)24-9-11-25(12-10-24)18-3-2-8-26(15-18)21(28)20-16-27-13-14-30-22(27)23-20/h4-7,13-14,16,18H,2-3,8-12,15H2,1H3. The van der Waals surface area contributed by atoms with E-state index < -0.39 is 0 Å². The number of methoxy groups -OCH3 is 1. The number of piperidine rings is 1. The number of aromatic nitrogens is 2. The number of likely N-dealkylation sites (tertiary alicyclic amines) is 1. The predicted molar refractivity (Wildman–Crippen MR) is 119 cm³/mol. The summed E-state index contributed by atoms with van der Waals surface area (Å²) in [5.41, 5.74) is 1.81. The number of imidazole rings is 1. The van der Waals surface area contributed by atoms with Gasteiger partial charge in [-0.2, -0.15) is 0 Å². The second-order valence-electron chi connectivity index (χ2n) is 7.99. The number of rotatable bonds is 4. The van der Waals surface area contributed by atoms with Crippen molar-refractivity contribution in [1.29, 1.82) is 0 Å². The van der Waals surface area contributed by atoms with Crippen molar-refractivity contribution in [3.05, 3.63) is 47.7 Å². The van der Waals surface area contributed by atoms with Crippen LogP contribution in [0.15, 0.2) is 42.0 Å². The highest BCUT2D eigenvalue weighted by Crippen LogP contribution is 2.24. The Morgan fingerprint density at radius 3 is 2.67 bits per heavy atom. The van der Waals surface area contributed by atoms with Gasteiger partial charge in [0.05, 0.1) is 7.11 Å². The maximum absolute atomic E-state index is 13.0. The molecule has 2 fully saturated rings. The lowest BCUT2D eigenvalue weighted by Gasteiger charge is -2.43. The summed E-state index contributed by atoms with van der Waals surface area (Å²) in [6.07, 6.45) is 6.01. The molecule has 0 aliphatic carbocycles. The van der Waals surface area contributed by atoms with Crippen molar-refractivity contribution in [2.75, 3.05) is 51.3 Å². The SMILES string of the molecule is COc1ccc(N2CCN(C3CCCN(C(=O)c4cn5ccsc5n4)C3)CC2)cc1. The molecule has 4 heterocycles. The van der Waals surface area contributed by atoms with Gasteiger partial charge in [-0.25, -0.2) is 4.98 Å². The summed E-state index contributed by atoms with van der Waals surface area (Å²) in [5.74, 6) is 0.953. The molecular formula is C22H27N5O2S. The molecule has 158 valence electrons. The van der Waals surface area contributed by atoms with E-state index in [9.17, 15) is 4.79 Å². The monoisotopic (exact) mass is 425 g/mol. The summed E-state index contributed by atoms with van der Waals surface area (Å²) in [6, 6.07) is 8.74. The van der Waals surface area contributed by atoms with Crippen LogP contribution in [0.25, 0.3) is 4.96 Å². The number of carbonyl (C=O) groups is 1. The molecule has 0 N–H and O–H groups in total. The van der Waals surface area contributed by atoms with Gasteiger partial charge in [-0.1, -0.05) is 0 Å². The third-order valence-electron chi connectivity index (χ3n) is 6.26. The number of hydrogen-bond donors (Lipinski definition) is 0. The van der Waals surface area contributed by atoms with Gasteiger partial charge in [0.2, 0.25) is 0 Å². The minimum atomic E-state index is 0.0625. The van der Waals surface area contributed by atoms with E-state index in [1.54, 1.807) is 18.4 Å². The van der Waals surface area contributed by atoms with Crippen LogP contribution >= 0.6 is 11.3 Å². The van der Waals surface area contributed by atoms with Gasteiger partial charge in [0.1, 0.15) is 11.4 Å². The zero-order chi connectivity index (χ0) is 20.5. The second-order valence-corrected chi connectivity index (χ2v) is 8.86. The third-order valence-corrected chi connectivity index (χ3v) is 7.04. The van der Waals surface area contributed by atoms with Gasteiger partial charge >= 0.3 is 0 Å². The predicted octanol–water partition coefficient (Wildman–Crippen LogP) is 2.83. The van der Waals surface area contributed by atoms with Gasteiger partial charge < -0.3 is 14.5 Å². The summed E-state index contributed by atoms with van der Waals surface area (Å²) in [7, 11) is 1.70. The summed E-state index contributed by atoms with van der Waals surface area (Å²) >= 11 is 1.56. The average Bonchev–Trinajstić information content (AvgIpc) is 3.41. The molecule has 0 radical (unpaired) electrons. The molecule has 2 aromatic heterocycles. The van der Waals surface area contributed by atoms with E-state index in [-0.39, 0.29) is 5.91 Å². The first-order valence-electron chi connectivity index (χ1n) is 10.6. The van der Waals surface area contributed by atoms with Crippen LogP contribution in [0.3, 0.4) is 0 Å². The average molecular weight is 426 g/mol. The van der Waals surface area contributed by atoms with Gasteiger partial charge in [0.15, 0.2) is 4.96 Å². The highest BCUT2D eigenvalue weighted by Gasteiger charge is 2.31. The number of benzene rings is 1. The summed E-state index contributed by atoms with van der Waals surface area (Å²) in [5, 5.41) is 1.99. The molecule has 1 aromatic carbocycles. The number of hydrogen-bond acceptors (Lipinski definition) is 6. The van der Waals surface area contributed by atoms with Crippen molar-refractivity contribution < 1.29 is 9.53 Å². The Kier molecular flexibility index (Phi) is 5.35. The van der Waals surface area contributed by atoms with Crippen LogP contribution in [0.5, 0.6) is 5.75 Å². The van der Waals surface area contributed by atoms with Gasteiger partial charge in [-0.05, 0) is 37.1 Å². The molecule has 5 rings (SSSR count). The first kappa shape index (κ1) is 19.4. The van der Waals surface area contributed by atoms with E-state index in [0.717, 1.165) is 62.8 Å². The zero-order valence-corrected chi connectivity index (χ0v) is 18.1. The van der Waals surface area contributed by atoms with Crippen molar-refractivity contribution in [3.8, 4) is 5.75 Å². The van der Waals surface area contributed by atoms with Gasteiger partial charge in [0.25, 0.3) is 5.91 Å². The number of nitrogens with zero attached hydrogens (tertiary/aromatic N) is 5. The molecule has 7 nitrogen and oxygen atoms in total. The van der Waals surface area contributed by atoms with Gasteiger partial charge in [-0.3, -0.25) is 14.1 Å². The number of carbonyl (C=O) groups excluding carboxylic acids is 1. The van der Waals surface area contributed by atoms with Crippen LogP contribution in [0.4, 0.5) is 5.69 Å². The number of ether oxygens (including phenoxy) is 1. The Bertz CT molecular complexity index is 978. The maximum Gasteiger partial charge on any atom is 0.274 e. The minimum Gasteiger partial charge on any atom is -0.497 e. The normalized spacial score (nSPS) is 20.6. The quantitative estimate of drug-likeness (QED) is 0.643. The van der Waals surface area contributed by atoms with Crippen molar-refractivity contribution in [2.24, 2.45) is 0 Å².